The highest BCUT2D eigenvalue weighted by atomic mass is 16.4. The number of nitrogens with zero attached hydrogens (tertiary/aromatic N) is 1. The summed E-state index contributed by atoms with van der Waals surface area (Å²) in [5, 5.41) is 8.87. The molecule has 1 saturated carbocycles. The highest BCUT2D eigenvalue weighted by molar-refractivity contribution is 5.93. The second-order valence-corrected chi connectivity index (χ2v) is 4.24. The third-order valence-electron chi connectivity index (χ3n) is 3.06. The molecule has 0 bridgehead atoms. The lowest BCUT2D eigenvalue weighted by Gasteiger charge is -2.26. The van der Waals surface area contributed by atoms with Crippen LogP contribution in [0.2, 0.25) is 0 Å². The van der Waals surface area contributed by atoms with Gasteiger partial charge in [0.2, 0.25) is 0 Å². The molecule has 1 amide bonds. The van der Waals surface area contributed by atoms with Crippen molar-refractivity contribution in [3.8, 4) is 0 Å². The summed E-state index contributed by atoms with van der Waals surface area (Å²) in [6.07, 6.45) is 5.26. The lowest BCUT2D eigenvalue weighted by atomic mass is 10.2. The quantitative estimate of drug-likeness (QED) is 0.866. The van der Waals surface area contributed by atoms with Crippen LogP contribution in [0, 0.1) is 0 Å². The molecule has 2 rings (SSSR count). The summed E-state index contributed by atoms with van der Waals surface area (Å²) >= 11 is 0. The average molecular weight is 237 g/mol. The summed E-state index contributed by atoms with van der Waals surface area (Å²) in [5.74, 6) is -1.11. The van der Waals surface area contributed by atoms with Crippen LogP contribution in [0.4, 0.5) is 0 Å². The first kappa shape index (κ1) is 11.7. The van der Waals surface area contributed by atoms with Gasteiger partial charge in [-0.05, 0) is 25.0 Å². The minimum atomic E-state index is -0.989. The largest absolute Gasteiger partial charge is 0.480 e. The summed E-state index contributed by atoms with van der Waals surface area (Å²) in [6, 6.07) is 3.22. The fraction of sp³-hybridized carbons (Fsp3) is 0.500. The van der Waals surface area contributed by atoms with Crippen molar-refractivity contribution in [2.24, 2.45) is 0 Å². The van der Waals surface area contributed by atoms with Crippen LogP contribution < -0.4 is 0 Å². The van der Waals surface area contributed by atoms with Crippen LogP contribution >= 0.6 is 0 Å². The number of carboxylic acid groups (broad SMARTS) is 1. The first-order chi connectivity index (χ1) is 8.18. The van der Waals surface area contributed by atoms with Gasteiger partial charge < -0.3 is 14.4 Å². The molecule has 1 fully saturated rings. The Morgan fingerprint density at radius 1 is 1.41 bits per heavy atom. The summed E-state index contributed by atoms with van der Waals surface area (Å²) in [5.41, 5.74) is 0. The third kappa shape index (κ3) is 2.67. The van der Waals surface area contributed by atoms with Crippen LogP contribution in [0.3, 0.4) is 0 Å². The first-order valence-corrected chi connectivity index (χ1v) is 5.75. The number of furan rings is 1. The van der Waals surface area contributed by atoms with Crippen molar-refractivity contribution < 1.29 is 19.1 Å². The predicted molar refractivity (Wildman–Crippen MR) is 59.6 cm³/mol. The number of hydrogen-bond donors (Lipinski definition) is 1. The molecule has 0 spiro atoms. The molecule has 0 atom stereocenters. The summed E-state index contributed by atoms with van der Waals surface area (Å²) < 4.78 is 5.03. The fourth-order valence-electron chi connectivity index (χ4n) is 2.27. The normalized spacial score (nSPS) is 16.0. The highest BCUT2D eigenvalue weighted by Gasteiger charge is 2.30. The second-order valence-electron chi connectivity index (χ2n) is 4.24. The Kier molecular flexibility index (Phi) is 3.46. The third-order valence-corrected chi connectivity index (χ3v) is 3.06. The van der Waals surface area contributed by atoms with Gasteiger partial charge in [-0.3, -0.25) is 9.59 Å². The van der Waals surface area contributed by atoms with Gasteiger partial charge in [0.1, 0.15) is 6.54 Å². The number of hydrogen-bond acceptors (Lipinski definition) is 3. The Labute approximate surface area is 99.0 Å². The molecule has 0 saturated heterocycles. The van der Waals surface area contributed by atoms with Crippen molar-refractivity contribution in [3.05, 3.63) is 24.2 Å². The van der Waals surface area contributed by atoms with Crippen molar-refractivity contribution >= 4 is 11.9 Å². The Morgan fingerprint density at radius 3 is 2.65 bits per heavy atom. The Morgan fingerprint density at radius 2 is 2.12 bits per heavy atom. The number of rotatable bonds is 4. The van der Waals surface area contributed by atoms with Crippen molar-refractivity contribution in [3.63, 3.8) is 0 Å². The Bertz CT molecular complexity index is 393. The van der Waals surface area contributed by atoms with E-state index in [1.807, 2.05) is 0 Å². The topological polar surface area (TPSA) is 70.8 Å². The molecule has 0 aliphatic heterocycles. The SMILES string of the molecule is O=C(O)CN(C(=O)c1ccco1)C1CCCC1. The maximum absolute atomic E-state index is 12.1. The van der Waals surface area contributed by atoms with Crippen molar-refractivity contribution in [1.29, 1.82) is 0 Å². The molecule has 1 aliphatic carbocycles. The zero-order chi connectivity index (χ0) is 12.3. The smallest absolute Gasteiger partial charge is 0.323 e. The molecule has 1 heterocycles. The van der Waals surface area contributed by atoms with E-state index in [0.717, 1.165) is 25.7 Å². The molecule has 0 aromatic carbocycles. The van der Waals surface area contributed by atoms with Crippen LogP contribution in [0.15, 0.2) is 22.8 Å². The minimum absolute atomic E-state index is 0.0312. The monoisotopic (exact) mass is 237 g/mol. The van der Waals surface area contributed by atoms with E-state index in [4.69, 9.17) is 9.52 Å². The van der Waals surface area contributed by atoms with Crippen LogP contribution in [-0.4, -0.2) is 34.5 Å². The first-order valence-electron chi connectivity index (χ1n) is 5.75. The van der Waals surface area contributed by atoms with E-state index in [0.29, 0.717) is 0 Å². The van der Waals surface area contributed by atoms with Crippen molar-refractivity contribution in [1.82, 2.24) is 4.90 Å². The van der Waals surface area contributed by atoms with Crippen LogP contribution in [0.1, 0.15) is 36.2 Å². The van der Waals surface area contributed by atoms with Gasteiger partial charge in [-0.25, -0.2) is 0 Å². The average Bonchev–Trinajstić information content (AvgIpc) is 2.96. The molecule has 92 valence electrons. The highest BCUT2D eigenvalue weighted by Crippen LogP contribution is 2.24. The van der Waals surface area contributed by atoms with E-state index in [1.54, 1.807) is 12.1 Å². The second kappa shape index (κ2) is 5.03. The minimum Gasteiger partial charge on any atom is -0.480 e. The van der Waals surface area contributed by atoms with E-state index < -0.39 is 5.97 Å². The molecule has 1 aromatic heterocycles. The van der Waals surface area contributed by atoms with E-state index in [9.17, 15) is 9.59 Å². The molecule has 1 aromatic rings. The van der Waals surface area contributed by atoms with E-state index in [1.165, 1.54) is 11.2 Å². The molecule has 5 heteroatoms. The lowest BCUT2D eigenvalue weighted by Crippen LogP contribution is -2.42. The molecule has 17 heavy (non-hydrogen) atoms. The lowest BCUT2D eigenvalue weighted by molar-refractivity contribution is -0.138. The number of amides is 1. The summed E-state index contributed by atoms with van der Waals surface area (Å²) in [4.78, 5) is 24.3. The van der Waals surface area contributed by atoms with Gasteiger partial charge >= 0.3 is 5.97 Å². The summed E-state index contributed by atoms with van der Waals surface area (Å²) in [7, 11) is 0. The van der Waals surface area contributed by atoms with Crippen molar-refractivity contribution in [2.75, 3.05) is 6.54 Å². The molecular weight excluding hydrogens is 222 g/mol. The molecule has 0 radical (unpaired) electrons. The number of carbonyl (C=O) groups excluding carboxylic acids is 1. The molecule has 0 unspecified atom stereocenters. The predicted octanol–water partition coefficient (Wildman–Crippen LogP) is 1.75. The zero-order valence-electron chi connectivity index (χ0n) is 9.46. The van der Waals surface area contributed by atoms with Crippen LogP contribution in [0.5, 0.6) is 0 Å². The van der Waals surface area contributed by atoms with Gasteiger partial charge in [0.05, 0.1) is 6.26 Å². The van der Waals surface area contributed by atoms with Gasteiger partial charge in [-0.15, -0.1) is 0 Å². The zero-order valence-corrected chi connectivity index (χ0v) is 9.46. The molecule has 5 nitrogen and oxygen atoms in total. The fourth-order valence-corrected chi connectivity index (χ4v) is 2.27. The number of carbonyl (C=O) groups is 2. The molecule has 1 aliphatic rings. The van der Waals surface area contributed by atoms with Crippen LogP contribution in [-0.2, 0) is 4.79 Å². The Hall–Kier alpha value is -1.78. The van der Waals surface area contributed by atoms with Gasteiger partial charge in [0.15, 0.2) is 5.76 Å². The van der Waals surface area contributed by atoms with Crippen molar-refractivity contribution in [2.45, 2.75) is 31.7 Å². The molecule has 1 N–H and O–H groups in total. The maximum atomic E-state index is 12.1. The van der Waals surface area contributed by atoms with Gasteiger partial charge in [-0.1, -0.05) is 12.8 Å². The Balaban J connectivity index is 2.14. The van der Waals surface area contributed by atoms with E-state index in [-0.39, 0.29) is 24.3 Å². The standard InChI is InChI=1S/C12H15NO4/c14-11(15)8-13(9-4-1-2-5-9)12(16)10-6-3-7-17-10/h3,6-7,9H,1-2,4-5,8H2,(H,14,15). The maximum Gasteiger partial charge on any atom is 0.323 e. The van der Waals surface area contributed by atoms with Gasteiger partial charge in [0, 0.05) is 6.04 Å². The van der Waals surface area contributed by atoms with E-state index >= 15 is 0 Å². The van der Waals surface area contributed by atoms with Crippen LogP contribution in [0.25, 0.3) is 0 Å². The van der Waals surface area contributed by atoms with E-state index in [2.05, 4.69) is 0 Å². The number of aliphatic carboxylic acids is 1. The molecular formula is C12H15NO4. The van der Waals surface area contributed by atoms with Gasteiger partial charge in [0.25, 0.3) is 5.91 Å². The summed E-state index contributed by atoms with van der Waals surface area (Å²) in [6.45, 7) is -0.260. The number of carboxylic acids is 1. The van der Waals surface area contributed by atoms with Gasteiger partial charge in [-0.2, -0.15) is 0 Å².